The van der Waals surface area contributed by atoms with Crippen molar-refractivity contribution in [2.24, 2.45) is 0 Å². The highest BCUT2D eigenvalue weighted by Crippen LogP contribution is 2.24. The molecule has 1 aromatic rings. The highest BCUT2D eigenvalue weighted by Gasteiger charge is 2.45. The average Bonchev–Trinajstić information content (AvgIpc) is 2.50. The summed E-state index contributed by atoms with van der Waals surface area (Å²) in [5, 5.41) is 47.6. The van der Waals surface area contributed by atoms with E-state index in [9.17, 15) is 25.2 Å². The fourth-order valence-corrected chi connectivity index (χ4v) is 2.07. The molecule has 1 aliphatic rings. The van der Waals surface area contributed by atoms with Crippen LogP contribution < -0.4 is 0 Å². The number of aromatic hydroxyl groups is 1. The lowest BCUT2D eigenvalue weighted by Crippen LogP contribution is -2.59. The molecule has 8 nitrogen and oxygen atoms in total. The number of carbonyl (C=O) groups is 1. The summed E-state index contributed by atoms with van der Waals surface area (Å²) < 4.78 is 9.99. The van der Waals surface area contributed by atoms with Gasteiger partial charge < -0.3 is 35.0 Å². The van der Waals surface area contributed by atoms with Gasteiger partial charge in [0.25, 0.3) is 0 Å². The molecular weight excluding hydrogens is 296 g/mol. The smallest absolute Gasteiger partial charge is 0.340 e. The summed E-state index contributed by atoms with van der Waals surface area (Å²) in [6.07, 6.45) is -7.54. The number of ether oxygens (including phenoxy) is 2. The molecule has 0 saturated carbocycles. The summed E-state index contributed by atoms with van der Waals surface area (Å²) in [5.41, 5.74) is 0.601. The van der Waals surface area contributed by atoms with E-state index in [1.54, 1.807) is 6.92 Å². The van der Waals surface area contributed by atoms with Crippen molar-refractivity contribution >= 4 is 5.97 Å². The molecule has 0 bridgehead atoms. The molecule has 0 spiro atoms. The van der Waals surface area contributed by atoms with Gasteiger partial charge in [0.15, 0.2) is 0 Å². The zero-order valence-electron chi connectivity index (χ0n) is 11.8. The molecule has 5 unspecified atom stereocenters. The molecule has 5 N–H and O–H groups in total. The van der Waals surface area contributed by atoms with E-state index >= 15 is 0 Å². The molecule has 5 atom stereocenters. The number of rotatable bonds is 3. The molecule has 1 aliphatic heterocycles. The Morgan fingerprint density at radius 2 is 1.91 bits per heavy atom. The molecule has 1 fully saturated rings. The Morgan fingerprint density at radius 1 is 1.23 bits per heavy atom. The van der Waals surface area contributed by atoms with Gasteiger partial charge in [0, 0.05) is 0 Å². The van der Waals surface area contributed by atoms with Gasteiger partial charge >= 0.3 is 5.97 Å². The standard InChI is InChI=1S/C14H18O8/c1-6-2-3-7(4-8(6)16)13(20)22-14-12(19)11(18)10(17)9(5-15)21-14/h2-4,9-12,14-19H,5H2,1H3. The monoisotopic (exact) mass is 314 g/mol. The van der Waals surface area contributed by atoms with Crippen LogP contribution in [0.4, 0.5) is 0 Å². The van der Waals surface area contributed by atoms with E-state index in [4.69, 9.17) is 14.6 Å². The molecule has 1 heterocycles. The summed E-state index contributed by atoms with van der Waals surface area (Å²) in [6.45, 7) is 1.03. The van der Waals surface area contributed by atoms with Gasteiger partial charge in [0.1, 0.15) is 30.2 Å². The molecular formula is C14H18O8. The molecule has 22 heavy (non-hydrogen) atoms. The highest BCUT2D eigenvalue weighted by atomic mass is 16.7. The lowest BCUT2D eigenvalue weighted by molar-refractivity contribution is -0.285. The Morgan fingerprint density at radius 3 is 2.50 bits per heavy atom. The van der Waals surface area contributed by atoms with Gasteiger partial charge in [-0.2, -0.15) is 0 Å². The third kappa shape index (κ3) is 3.21. The number of benzene rings is 1. The van der Waals surface area contributed by atoms with E-state index in [0.717, 1.165) is 0 Å². The minimum Gasteiger partial charge on any atom is -0.508 e. The summed E-state index contributed by atoms with van der Waals surface area (Å²) in [4.78, 5) is 12.0. The molecule has 0 aromatic heterocycles. The molecule has 2 rings (SSSR count). The van der Waals surface area contributed by atoms with E-state index in [2.05, 4.69) is 0 Å². The molecule has 1 saturated heterocycles. The Bertz CT molecular complexity index is 544. The SMILES string of the molecule is Cc1ccc(C(=O)OC2OC(CO)C(O)C(O)C2O)cc1O. The number of phenolic OH excluding ortho intramolecular Hbond substituents is 1. The van der Waals surface area contributed by atoms with Crippen LogP contribution >= 0.6 is 0 Å². The first-order chi connectivity index (χ1) is 10.3. The van der Waals surface area contributed by atoms with Crippen molar-refractivity contribution in [3.05, 3.63) is 29.3 Å². The number of carbonyl (C=O) groups excluding carboxylic acids is 1. The van der Waals surface area contributed by atoms with E-state index < -0.39 is 43.3 Å². The highest BCUT2D eigenvalue weighted by molar-refractivity contribution is 5.90. The van der Waals surface area contributed by atoms with Crippen molar-refractivity contribution in [2.45, 2.75) is 37.6 Å². The van der Waals surface area contributed by atoms with Crippen molar-refractivity contribution in [3.8, 4) is 5.75 Å². The van der Waals surface area contributed by atoms with Crippen LogP contribution in [0.15, 0.2) is 18.2 Å². The van der Waals surface area contributed by atoms with E-state index in [0.29, 0.717) is 5.56 Å². The summed E-state index contributed by atoms with van der Waals surface area (Å²) in [6, 6.07) is 4.13. The minimum absolute atomic E-state index is 0.0278. The minimum atomic E-state index is -1.67. The first-order valence-corrected chi connectivity index (χ1v) is 6.66. The van der Waals surface area contributed by atoms with Crippen LogP contribution in [0.25, 0.3) is 0 Å². The summed E-state index contributed by atoms with van der Waals surface area (Å²) in [5.74, 6) is -0.983. The van der Waals surface area contributed by atoms with Crippen molar-refractivity contribution in [2.75, 3.05) is 6.61 Å². The molecule has 8 heteroatoms. The van der Waals surface area contributed by atoms with Crippen LogP contribution in [-0.4, -0.2) is 68.8 Å². The van der Waals surface area contributed by atoms with Gasteiger partial charge in [0.2, 0.25) is 6.29 Å². The van der Waals surface area contributed by atoms with Gasteiger partial charge in [-0.05, 0) is 24.6 Å². The predicted octanol–water partition coefficient (Wildman–Crippen LogP) is -1.34. The van der Waals surface area contributed by atoms with Gasteiger partial charge in [-0.15, -0.1) is 0 Å². The maximum Gasteiger partial charge on any atom is 0.340 e. The molecule has 122 valence electrons. The normalized spacial score (nSPS) is 31.8. The summed E-state index contributed by atoms with van der Waals surface area (Å²) >= 11 is 0. The van der Waals surface area contributed by atoms with Crippen molar-refractivity contribution < 1.29 is 39.8 Å². The maximum atomic E-state index is 12.0. The lowest BCUT2D eigenvalue weighted by atomic mass is 9.99. The lowest BCUT2D eigenvalue weighted by Gasteiger charge is -2.39. The Labute approximate surface area is 126 Å². The van der Waals surface area contributed by atoms with Crippen LogP contribution in [0, 0.1) is 6.92 Å². The molecule has 0 aliphatic carbocycles. The number of aliphatic hydroxyl groups excluding tert-OH is 4. The van der Waals surface area contributed by atoms with Crippen LogP contribution in [-0.2, 0) is 9.47 Å². The third-order valence-corrected chi connectivity index (χ3v) is 3.52. The topological polar surface area (TPSA) is 137 Å². The molecule has 0 radical (unpaired) electrons. The van der Waals surface area contributed by atoms with Gasteiger partial charge in [-0.1, -0.05) is 6.07 Å². The second kappa shape index (κ2) is 6.59. The second-order valence-corrected chi connectivity index (χ2v) is 5.10. The van der Waals surface area contributed by atoms with Gasteiger partial charge in [0.05, 0.1) is 12.2 Å². The number of aliphatic hydroxyl groups is 4. The zero-order chi connectivity index (χ0) is 16.4. The quantitative estimate of drug-likeness (QED) is 0.432. The van der Waals surface area contributed by atoms with E-state index in [1.165, 1.54) is 18.2 Å². The first-order valence-electron chi connectivity index (χ1n) is 6.66. The van der Waals surface area contributed by atoms with Crippen LogP contribution in [0.1, 0.15) is 15.9 Å². The van der Waals surface area contributed by atoms with Crippen molar-refractivity contribution in [3.63, 3.8) is 0 Å². The molecule has 1 aromatic carbocycles. The predicted molar refractivity (Wildman–Crippen MR) is 72.0 cm³/mol. The Kier molecular flexibility index (Phi) is 4.99. The molecule has 0 amide bonds. The fourth-order valence-electron chi connectivity index (χ4n) is 2.07. The Balaban J connectivity index is 2.11. The Hall–Kier alpha value is -1.71. The maximum absolute atomic E-state index is 12.0. The van der Waals surface area contributed by atoms with Crippen LogP contribution in [0.2, 0.25) is 0 Å². The van der Waals surface area contributed by atoms with Gasteiger partial charge in [-0.3, -0.25) is 0 Å². The summed E-state index contributed by atoms with van der Waals surface area (Å²) in [7, 11) is 0. The fraction of sp³-hybridized carbons (Fsp3) is 0.500. The van der Waals surface area contributed by atoms with E-state index in [-0.39, 0.29) is 11.3 Å². The van der Waals surface area contributed by atoms with Crippen molar-refractivity contribution in [1.29, 1.82) is 0 Å². The number of aryl methyl sites for hydroxylation is 1. The number of phenols is 1. The third-order valence-electron chi connectivity index (χ3n) is 3.52. The van der Waals surface area contributed by atoms with Crippen LogP contribution in [0.5, 0.6) is 5.75 Å². The number of esters is 1. The van der Waals surface area contributed by atoms with Crippen molar-refractivity contribution in [1.82, 2.24) is 0 Å². The first kappa shape index (κ1) is 16.7. The van der Waals surface area contributed by atoms with Crippen LogP contribution in [0.3, 0.4) is 0 Å². The largest absolute Gasteiger partial charge is 0.508 e. The average molecular weight is 314 g/mol. The number of hydrogen-bond donors (Lipinski definition) is 5. The second-order valence-electron chi connectivity index (χ2n) is 5.10. The zero-order valence-corrected chi connectivity index (χ0v) is 11.8. The number of hydrogen-bond acceptors (Lipinski definition) is 8. The van der Waals surface area contributed by atoms with E-state index in [1.807, 2.05) is 0 Å². The van der Waals surface area contributed by atoms with Gasteiger partial charge in [-0.25, -0.2) is 4.79 Å².